The van der Waals surface area contributed by atoms with Crippen LogP contribution in [0, 0.1) is 5.92 Å². The second-order valence-corrected chi connectivity index (χ2v) is 4.38. The Bertz CT molecular complexity index is 222. The molecule has 4 nitrogen and oxygen atoms in total. The van der Waals surface area contributed by atoms with E-state index in [0.717, 1.165) is 44.8 Å². The molecule has 1 N–H and O–H groups in total. The van der Waals surface area contributed by atoms with E-state index < -0.39 is 0 Å². The van der Waals surface area contributed by atoms with E-state index in [2.05, 4.69) is 12.2 Å². The molecule has 0 unspecified atom stereocenters. The molecule has 0 aromatic carbocycles. The summed E-state index contributed by atoms with van der Waals surface area (Å²) in [6, 6.07) is 0.185. The van der Waals surface area contributed by atoms with Gasteiger partial charge in [0, 0.05) is 12.0 Å². The predicted octanol–water partition coefficient (Wildman–Crippen LogP) is 2.27. The minimum absolute atomic E-state index is 0.185. The maximum absolute atomic E-state index is 11.3. The molecule has 1 fully saturated rings. The molecule has 0 spiro atoms. The molecule has 1 rings (SSSR count). The first-order chi connectivity index (χ1) is 7.76. The van der Waals surface area contributed by atoms with E-state index in [1.807, 2.05) is 0 Å². The minimum Gasteiger partial charge on any atom is -0.450 e. The summed E-state index contributed by atoms with van der Waals surface area (Å²) in [6.45, 7) is 2.55. The third-order valence-electron chi connectivity index (χ3n) is 3.02. The van der Waals surface area contributed by atoms with Crippen LogP contribution in [0.2, 0.25) is 0 Å². The van der Waals surface area contributed by atoms with Gasteiger partial charge >= 0.3 is 6.09 Å². The van der Waals surface area contributed by atoms with Gasteiger partial charge in [0.1, 0.15) is 6.29 Å². The summed E-state index contributed by atoms with van der Waals surface area (Å²) in [5.41, 5.74) is 0. The number of ether oxygens (including phenoxy) is 1. The van der Waals surface area contributed by atoms with Crippen molar-refractivity contribution in [3.05, 3.63) is 0 Å². The molecule has 0 saturated heterocycles. The monoisotopic (exact) mass is 227 g/mol. The number of carbonyl (C=O) groups is 2. The second kappa shape index (κ2) is 7.25. The second-order valence-electron chi connectivity index (χ2n) is 4.38. The number of aldehydes is 1. The molecule has 1 amide bonds. The number of hydrogen-bond donors (Lipinski definition) is 1. The summed E-state index contributed by atoms with van der Waals surface area (Å²) in [6.07, 6.45) is 6.16. The smallest absolute Gasteiger partial charge is 0.407 e. The fourth-order valence-electron chi connectivity index (χ4n) is 1.92. The number of rotatable bonds is 5. The molecular formula is C12H21NO3. The zero-order chi connectivity index (χ0) is 11.8. The average molecular weight is 227 g/mol. The van der Waals surface area contributed by atoms with Crippen LogP contribution >= 0.6 is 0 Å². The van der Waals surface area contributed by atoms with Gasteiger partial charge < -0.3 is 14.8 Å². The Kier molecular flexibility index (Phi) is 5.90. The van der Waals surface area contributed by atoms with Gasteiger partial charge in [-0.15, -0.1) is 0 Å². The molecule has 0 radical (unpaired) electrons. The first-order valence-corrected chi connectivity index (χ1v) is 6.14. The molecule has 0 aromatic rings. The van der Waals surface area contributed by atoms with E-state index in [1.54, 1.807) is 0 Å². The molecule has 4 heteroatoms. The highest BCUT2D eigenvalue weighted by Gasteiger charge is 2.22. The van der Waals surface area contributed by atoms with Crippen molar-refractivity contribution in [1.29, 1.82) is 0 Å². The highest BCUT2D eigenvalue weighted by atomic mass is 16.5. The third-order valence-corrected chi connectivity index (χ3v) is 3.02. The Balaban J connectivity index is 2.13. The van der Waals surface area contributed by atoms with Crippen LogP contribution in [0.1, 0.15) is 45.4 Å². The van der Waals surface area contributed by atoms with E-state index in [0.29, 0.717) is 6.61 Å². The molecule has 0 heterocycles. The standard InChI is InChI=1S/C12H21NO3/c1-2-3-8-16-12(15)13-11-6-4-10(9-14)5-7-11/h9-11H,2-8H2,1H3,(H,13,15). The highest BCUT2D eigenvalue weighted by molar-refractivity contribution is 5.67. The van der Waals surface area contributed by atoms with Crippen molar-refractivity contribution in [2.75, 3.05) is 6.61 Å². The number of nitrogens with one attached hydrogen (secondary N) is 1. The SMILES string of the molecule is CCCCOC(=O)NC1CCC(C=O)CC1. The number of hydrogen-bond acceptors (Lipinski definition) is 3. The number of carbonyl (C=O) groups excluding carboxylic acids is 2. The lowest BCUT2D eigenvalue weighted by Crippen LogP contribution is -2.38. The van der Waals surface area contributed by atoms with Crippen LogP contribution < -0.4 is 5.32 Å². The molecule has 1 saturated carbocycles. The zero-order valence-corrected chi connectivity index (χ0v) is 9.91. The van der Waals surface area contributed by atoms with Gasteiger partial charge in [0.15, 0.2) is 0 Å². The Hall–Kier alpha value is -1.06. The maximum Gasteiger partial charge on any atom is 0.407 e. The van der Waals surface area contributed by atoms with E-state index in [9.17, 15) is 9.59 Å². The van der Waals surface area contributed by atoms with Crippen molar-refractivity contribution in [3.8, 4) is 0 Å². The van der Waals surface area contributed by atoms with E-state index in [4.69, 9.17) is 4.74 Å². The van der Waals surface area contributed by atoms with Crippen molar-refractivity contribution in [2.24, 2.45) is 5.92 Å². The van der Waals surface area contributed by atoms with Gasteiger partial charge in [-0.3, -0.25) is 0 Å². The summed E-state index contributed by atoms with van der Waals surface area (Å²) in [7, 11) is 0. The van der Waals surface area contributed by atoms with Gasteiger partial charge in [-0.05, 0) is 32.1 Å². The lowest BCUT2D eigenvalue weighted by Gasteiger charge is -2.25. The predicted molar refractivity (Wildman–Crippen MR) is 61.2 cm³/mol. The fourth-order valence-corrected chi connectivity index (χ4v) is 1.92. The number of unbranched alkanes of at least 4 members (excludes halogenated alkanes) is 1. The van der Waals surface area contributed by atoms with Gasteiger partial charge in [0.25, 0.3) is 0 Å². The Morgan fingerprint density at radius 1 is 1.38 bits per heavy atom. The van der Waals surface area contributed by atoms with E-state index in [-0.39, 0.29) is 18.1 Å². The topological polar surface area (TPSA) is 55.4 Å². The Labute approximate surface area is 96.7 Å². The molecule has 1 aliphatic carbocycles. The zero-order valence-electron chi connectivity index (χ0n) is 9.91. The highest BCUT2D eigenvalue weighted by Crippen LogP contribution is 2.22. The molecule has 16 heavy (non-hydrogen) atoms. The third kappa shape index (κ3) is 4.64. The van der Waals surface area contributed by atoms with Crippen LogP contribution in [0.4, 0.5) is 4.79 Å². The van der Waals surface area contributed by atoms with Crippen molar-refractivity contribution in [3.63, 3.8) is 0 Å². The molecule has 0 atom stereocenters. The fraction of sp³-hybridized carbons (Fsp3) is 0.833. The lowest BCUT2D eigenvalue weighted by molar-refractivity contribution is -0.111. The Morgan fingerprint density at radius 2 is 2.06 bits per heavy atom. The first-order valence-electron chi connectivity index (χ1n) is 6.14. The summed E-state index contributed by atoms with van der Waals surface area (Å²) in [5, 5.41) is 2.85. The lowest BCUT2D eigenvalue weighted by atomic mass is 9.87. The molecule has 0 bridgehead atoms. The molecular weight excluding hydrogens is 206 g/mol. The van der Waals surface area contributed by atoms with Gasteiger partial charge in [0.05, 0.1) is 6.61 Å². The molecule has 1 aliphatic rings. The minimum atomic E-state index is -0.317. The van der Waals surface area contributed by atoms with E-state index >= 15 is 0 Å². The Morgan fingerprint density at radius 3 is 2.62 bits per heavy atom. The summed E-state index contributed by atoms with van der Waals surface area (Å²) >= 11 is 0. The molecule has 0 aliphatic heterocycles. The normalized spacial score (nSPS) is 24.8. The maximum atomic E-state index is 11.3. The average Bonchev–Trinajstić information content (AvgIpc) is 2.30. The summed E-state index contributed by atoms with van der Waals surface area (Å²) in [4.78, 5) is 21.9. The van der Waals surface area contributed by atoms with Gasteiger partial charge in [-0.25, -0.2) is 4.79 Å². The van der Waals surface area contributed by atoms with Crippen molar-refractivity contribution in [1.82, 2.24) is 5.32 Å². The van der Waals surface area contributed by atoms with Crippen LogP contribution in [0.15, 0.2) is 0 Å². The van der Waals surface area contributed by atoms with Gasteiger partial charge in [0.2, 0.25) is 0 Å². The van der Waals surface area contributed by atoms with Crippen LogP contribution in [0.3, 0.4) is 0 Å². The number of amides is 1. The summed E-state index contributed by atoms with van der Waals surface area (Å²) < 4.78 is 5.02. The quantitative estimate of drug-likeness (QED) is 0.579. The van der Waals surface area contributed by atoms with Crippen LogP contribution in [0.5, 0.6) is 0 Å². The van der Waals surface area contributed by atoms with Crippen molar-refractivity contribution < 1.29 is 14.3 Å². The van der Waals surface area contributed by atoms with Crippen molar-refractivity contribution in [2.45, 2.75) is 51.5 Å². The molecule has 0 aromatic heterocycles. The van der Waals surface area contributed by atoms with Gasteiger partial charge in [-0.1, -0.05) is 13.3 Å². The van der Waals surface area contributed by atoms with E-state index in [1.165, 1.54) is 0 Å². The van der Waals surface area contributed by atoms with Crippen LogP contribution in [-0.4, -0.2) is 25.0 Å². The first kappa shape index (κ1) is 13.0. The largest absolute Gasteiger partial charge is 0.450 e. The van der Waals surface area contributed by atoms with Crippen LogP contribution in [0.25, 0.3) is 0 Å². The van der Waals surface area contributed by atoms with Crippen LogP contribution in [-0.2, 0) is 9.53 Å². The number of alkyl carbamates (subject to hydrolysis) is 1. The van der Waals surface area contributed by atoms with Crippen molar-refractivity contribution >= 4 is 12.4 Å². The summed E-state index contributed by atoms with van der Waals surface area (Å²) in [5.74, 6) is 0.189. The molecule has 92 valence electrons. The van der Waals surface area contributed by atoms with Gasteiger partial charge in [-0.2, -0.15) is 0 Å².